The number of halogens is 3. The fourth-order valence-corrected chi connectivity index (χ4v) is 1.35. The van der Waals surface area contributed by atoms with E-state index >= 15 is 0 Å². The van der Waals surface area contributed by atoms with E-state index in [0.29, 0.717) is 12.0 Å². The van der Waals surface area contributed by atoms with Crippen LogP contribution in [0.25, 0.3) is 0 Å². The van der Waals surface area contributed by atoms with E-state index in [1.807, 2.05) is 0 Å². The Hall–Kier alpha value is -1.27. The van der Waals surface area contributed by atoms with Crippen molar-refractivity contribution in [3.05, 3.63) is 29.8 Å². The van der Waals surface area contributed by atoms with Crippen LogP contribution < -0.4 is 4.74 Å². The van der Waals surface area contributed by atoms with Gasteiger partial charge in [-0.2, -0.15) is 0 Å². The van der Waals surface area contributed by atoms with Gasteiger partial charge in [0.25, 0.3) is 0 Å². The molecule has 1 rings (SSSR count). The van der Waals surface area contributed by atoms with Crippen LogP contribution in [0.5, 0.6) is 5.75 Å². The molecule has 0 heterocycles. The van der Waals surface area contributed by atoms with Crippen LogP contribution in [0.15, 0.2) is 24.3 Å². The number of ether oxygens (including phenoxy) is 2. The SMILES string of the molecule is COCC(O)Cc1ccc(OC(F)(F)F)cc1. The van der Waals surface area contributed by atoms with Gasteiger partial charge >= 0.3 is 6.36 Å². The van der Waals surface area contributed by atoms with Crippen molar-refractivity contribution in [1.82, 2.24) is 0 Å². The van der Waals surface area contributed by atoms with Gasteiger partial charge in [-0.05, 0) is 17.7 Å². The predicted octanol–water partition coefficient (Wildman–Crippen LogP) is 2.13. The summed E-state index contributed by atoms with van der Waals surface area (Å²) in [6, 6.07) is 5.37. The summed E-state index contributed by atoms with van der Waals surface area (Å²) >= 11 is 0. The zero-order chi connectivity index (χ0) is 12.9. The van der Waals surface area contributed by atoms with Crippen LogP contribution in [0.1, 0.15) is 5.56 Å². The third kappa shape index (κ3) is 5.55. The number of rotatable bonds is 5. The first kappa shape index (κ1) is 13.8. The predicted molar refractivity (Wildman–Crippen MR) is 54.7 cm³/mol. The molecule has 3 nitrogen and oxygen atoms in total. The van der Waals surface area contributed by atoms with Gasteiger partial charge in [-0.3, -0.25) is 0 Å². The van der Waals surface area contributed by atoms with Crippen molar-refractivity contribution < 1.29 is 27.8 Å². The van der Waals surface area contributed by atoms with Gasteiger partial charge in [0.1, 0.15) is 5.75 Å². The number of alkyl halides is 3. The summed E-state index contributed by atoms with van der Waals surface area (Å²) in [6.07, 6.45) is -5.04. The molecule has 96 valence electrons. The monoisotopic (exact) mass is 250 g/mol. The lowest BCUT2D eigenvalue weighted by Crippen LogP contribution is -2.18. The molecule has 0 aliphatic rings. The minimum atomic E-state index is -4.68. The van der Waals surface area contributed by atoms with E-state index < -0.39 is 12.5 Å². The van der Waals surface area contributed by atoms with E-state index in [1.54, 1.807) is 0 Å². The molecule has 0 bridgehead atoms. The van der Waals surface area contributed by atoms with Gasteiger partial charge in [-0.25, -0.2) is 0 Å². The Bertz CT molecular complexity index is 335. The Morgan fingerprint density at radius 1 is 1.24 bits per heavy atom. The van der Waals surface area contributed by atoms with Gasteiger partial charge in [0.05, 0.1) is 12.7 Å². The van der Waals surface area contributed by atoms with Gasteiger partial charge in [-0.1, -0.05) is 12.1 Å². The van der Waals surface area contributed by atoms with E-state index in [2.05, 4.69) is 4.74 Å². The molecule has 6 heteroatoms. The molecule has 1 aromatic rings. The van der Waals surface area contributed by atoms with Gasteiger partial charge in [0.2, 0.25) is 0 Å². The highest BCUT2D eigenvalue weighted by Gasteiger charge is 2.30. The summed E-state index contributed by atoms with van der Waals surface area (Å²) < 4.78 is 44.1. The minimum Gasteiger partial charge on any atom is -0.406 e. The highest BCUT2D eigenvalue weighted by Crippen LogP contribution is 2.22. The Morgan fingerprint density at radius 3 is 2.29 bits per heavy atom. The number of hydrogen-bond acceptors (Lipinski definition) is 3. The normalized spacial score (nSPS) is 13.5. The van der Waals surface area contributed by atoms with E-state index in [-0.39, 0.29) is 12.4 Å². The maximum atomic E-state index is 11.9. The Labute approximate surface area is 96.8 Å². The lowest BCUT2D eigenvalue weighted by atomic mass is 10.1. The molecule has 0 aliphatic carbocycles. The van der Waals surface area contributed by atoms with E-state index in [4.69, 9.17) is 4.74 Å². The van der Waals surface area contributed by atoms with Crippen LogP contribution in [-0.4, -0.2) is 31.3 Å². The molecule has 1 unspecified atom stereocenters. The van der Waals surface area contributed by atoms with E-state index in [1.165, 1.54) is 31.4 Å². The maximum Gasteiger partial charge on any atom is 0.573 e. The molecule has 0 amide bonds. The topological polar surface area (TPSA) is 38.7 Å². The number of methoxy groups -OCH3 is 1. The van der Waals surface area contributed by atoms with Crippen molar-refractivity contribution in [3.8, 4) is 5.75 Å². The highest BCUT2D eigenvalue weighted by atomic mass is 19.4. The molecular weight excluding hydrogens is 237 g/mol. The molecule has 0 saturated heterocycles. The second-order valence-corrected chi connectivity index (χ2v) is 3.51. The molecule has 0 aromatic heterocycles. The first-order valence-electron chi connectivity index (χ1n) is 4.92. The van der Waals surface area contributed by atoms with Crippen molar-refractivity contribution in [2.24, 2.45) is 0 Å². The molecule has 1 aromatic carbocycles. The molecule has 1 N–H and O–H groups in total. The summed E-state index contributed by atoms with van der Waals surface area (Å²) in [5, 5.41) is 9.42. The van der Waals surface area contributed by atoms with Gasteiger partial charge in [0.15, 0.2) is 0 Å². The molecule has 0 aliphatic heterocycles. The highest BCUT2D eigenvalue weighted by molar-refractivity contribution is 5.27. The first-order valence-corrected chi connectivity index (χ1v) is 4.92. The zero-order valence-corrected chi connectivity index (χ0v) is 9.20. The van der Waals surface area contributed by atoms with Crippen molar-refractivity contribution in [2.45, 2.75) is 18.9 Å². The Morgan fingerprint density at radius 2 is 1.82 bits per heavy atom. The summed E-state index contributed by atoms with van der Waals surface area (Å²) in [5.74, 6) is -0.275. The molecule has 17 heavy (non-hydrogen) atoms. The van der Waals surface area contributed by atoms with E-state index in [9.17, 15) is 18.3 Å². The van der Waals surface area contributed by atoms with Gasteiger partial charge in [-0.15, -0.1) is 13.2 Å². The first-order chi connectivity index (χ1) is 7.90. The summed E-state index contributed by atoms with van der Waals surface area (Å²) in [6.45, 7) is 0.181. The molecule has 0 fully saturated rings. The largest absolute Gasteiger partial charge is 0.573 e. The lowest BCUT2D eigenvalue weighted by Gasteiger charge is -2.11. The van der Waals surface area contributed by atoms with Gasteiger partial charge < -0.3 is 14.6 Å². The van der Waals surface area contributed by atoms with Gasteiger partial charge in [0, 0.05) is 13.5 Å². The number of hydrogen-bond donors (Lipinski definition) is 1. The molecule has 0 radical (unpaired) electrons. The average molecular weight is 250 g/mol. The van der Waals surface area contributed by atoms with Crippen molar-refractivity contribution in [3.63, 3.8) is 0 Å². The van der Waals surface area contributed by atoms with Crippen LogP contribution in [0, 0.1) is 0 Å². The van der Waals surface area contributed by atoms with Crippen molar-refractivity contribution in [2.75, 3.05) is 13.7 Å². The molecular formula is C11H13F3O3. The van der Waals surface area contributed by atoms with Crippen molar-refractivity contribution >= 4 is 0 Å². The average Bonchev–Trinajstić information content (AvgIpc) is 2.19. The van der Waals surface area contributed by atoms with Crippen LogP contribution in [0.4, 0.5) is 13.2 Å². The fraction of sp³-hybridized carbons (Fsp3) is 0.455. The molecule has 1 atom stereocenters. The van der Waals surface area contributed by atoms with Crippen molar-refractivity contribution in [1.29, 1.82) is 0 Å². The van der Waals surface area contributed by atoms with E-state index in [0.717, 1.165) is 0 Å². The second-order valence-electron chi connectivity index (χ2n) is 3.51. The quantitative estimate of drug-likeness (QED) is 0.870. The molecule has 0 spiro atoms. The lowest BCUT2D eigenvalue weighted by molar-refractivity contribution is -0.274. The number of aliphatic hydroxyl groups is 1. The summed E-state index contributed by atoms with van der Waals surface area (Å²) in [4.78, 5) is 0. The fourth-order valence-electron chi connectivity index (χ4n) is 1.35. The van der Waals surface area contributed by atoms with Crippen LogP contribution >= 0.6 is 0 Å². The minimum absolute atomic E-state index is 0.181. The standard InChI is InChI=1S/C11H13F3O3/c1-16-7-9(15)6-8-2-4-10(5-3-8)17-11(12,13)14/h2-5,9,15H,6-7H2,1H3. The number of benzene rings is 1. The van der Waals surface area contributed by atoms with Crippen LogP contribution in [-0.2, 0) is 11.2 Å². The van der Waals surface area contributed by atoms with Crippen LogP contribution in [0.3, 0.4) is 0 Å². The summed E-state index contributed by atoms with van der Waals surface area (Å²) in [7, 11) is 1.46. The smallest absolute Gasteiger partial charge is 0.406 e. The zero-order valence-electron chi connectivity index (χ0n) is 9.20. The summed E-state index contributed by atoms with van der Waals surface area (Å²) in [5.41, 5.74) is 0.712. The van der Waals surface area contributed by atoms with Crippen LogP contribution in [0.2, 0.25) is 0 Å². The Kier molecular flexibility index (Phi) is 4.77. The third-order valence-corrected chi connectivity index (χ3v) is 1.99. The third-order valence-electron chi connectivity index (χ3n) is 1.99. The molecule has 0 saturated carbocycles. The Balaban J connectivity index is 2.56. The number of aliphatic hydroxyl groups excluding tert-OH is 1. The maximum absolute atomic E-state index is 11.9. The second kappa shape index (κ2) is 5.88.